The zero-order valence-electron chi connectivity index (χ0n) is 11.1. The fraction of sp³-hybridized carbons (Fsp3) is 0.929. The van der Waals surface area contributed by atoms with Crippen LogP contribution in [0.5, 0.6) is 0 Å². The summed E-state index contributed by atoms with van der Waals surface area (Å²) in [6.45, 7) is 4.55. The molecule has 0 spiro atoms. The summed E-state index contributed by atoms with van der Waals surface area (Å²) in [7, 11) is 0. The van der Waals surface area contributed by atoms with Gasteiger partial charge in [-0.25, -0.2) is 0 Å². The Morgan fingerprint density at radius 3 is 2.59 bits per heavy atom. The van der Waals surface area contributed by atoms with Crippen molar-refractivity contribution in [3.05, 3.63) is 0 Å². The van der Waals surface area contributed by atoms with Gasteiger partial charge in [0.1, 0.15) is 0 Å². The molecule has 0 bridgehead atoms. The van der Waals surface area contributed by atoms with E-state index in [1.54, 1.807) is 0 Å². The maximum Gasteiger partial charge on any atom is 0.221 e. The van der Waals surface area contributed by atoms with Crippen LogP contribution in [0.1, 0.15) is 52.4 Å². The average molecular weight is 238 g/mol. The monoisotopic (exact) mass is 238 g/mol. The van der Waals surface area contributed by atoms with Gasteiger partial charge in [0, 0.05) is 18.5 Å². The zero-order chi connectivity index (χ0) is 12.4. The molecule has 1 amide bonds. The van der Waals surface area contributed by atoms with Gasteiger partial charge >= 0.3 is 0 Å². The van der Waals surface area contributed by atoms with Crippen molar-refractivity contribution >= 4 is 5.91 Å². The Morgan fingerprint density at radius 2 is 2.00 bits per heavy atom. The minimum atomic E-state index is 0.0906. The van der Waals surface area contributed by atoms with Gasteiger partial charge in [-0.15, -0.1) is 0 Å². The summed E-state index contributed by atoms with van der Waals surface area (Å²) < 4.78 is 0. The summed E-state index contributed by atoms with van der Waals surface area (Å²) in [5, 5.41) is 3.18. The number of amides is 1. The molecule has 4 unspecified atom stereocenters. The van der Waals surface area contributed by atoms with Gasteiger partial charge in [0.2, 0.25) is 5.91 Å². The maximum atomic E-state index is 11.9. The minimum Gasteiger partial charge on any atom is -0.353 e. The largest absolute Gasteiger partial charge is 0.353 e. The number of hydrogen-bond acceptors (Lipinski definition) is 2. The maximum absolute atomic E-state index is 11.9. The molecule has 4 atom stereocenters. The van der Waals surface area contributed by atoms with Gasteiger partial charge in [0.25, 0.3) is 0 Å². The molecule has 0 saturated heterocycles. The van der Waals surface area contributed by atoms with E-state index in [4.69, 9.17) is 5.73 Å². The molecule has 3 nitrogen and oxygen atoms in total. The first-order chi connectivity index (χ1) is 8.06. The second-order valence-corrected chi connectivity index (χ2v) is 6.27. The number of nitrogens with two attached hydrogens (primary N) is 1. The molecule has 2 fully saturated rings. The van der Waals surface area contributed by atoms with E-state index in [1.807, 2.05) is 0 Å². The SMILES string of the molecule is CC1CCC(NC(=O)CC(N)C2CC2)C(C)C1. The van der Waals surface area contributed by atoms with Gasteiger partial charge in [-0.1, -0.05) is 13.8 Å². The number of nitrogens with one attached hydrogen (secondary N) is 1. The third-order valence-corrected chi connectivity index (χ3v) is 4.43. The predicted molar refractivity (Wildman–Crippen MR) is 69.4 cm³/mol. The van der Waals surface area contributed by atoms with Crippen molar-refractivity contribution in [3.8, 4) is 0 Å². The Kier molecular flexibility index (Phi) is 4.08. The molecular weight excluding hydrogens is 212 g/mol. The lowest BCUT2D eigenvalue weighted by molar-refractivity contribution is -0.122. The molecule has 0 aromatic carbocycles. The third kappa shape index (κ3) is 3.70. The molecule has 0 aromatic heterocycles. The van der Waals surface area contributed by atoms with Gasteiger partial charge in [0.15, 0.2) is 0 Å². The van der Waals surface area contributed by atoms with Crippen molar-refractivity contribution in [1.29, 1.82) is 0 Å². The van der Waals surface area contributed by atoms with Crippen molar-refractivity contribution in [3.63, 3.8) is 0 Å². The van der Waals surface area contributed by atoms with E-state index in [0.717, 1.165) is 12.3 Å². The fourth-order valence-corrected chi connectivity index (χ4v) is 3.05. The number of hydrogen-bond donors (Lipinski definition) is 2. The van der Waals surface area contributed by atoms with Crippen molar-refractivity contribution in [1.82, 2.24) is 5.32 Å². The molecule has 0 aliphatic heterocycles. The van der Waals surface area contributed by atoms with E-state index in [9.17, 15) is 4.79 Å². The van der Waals surface area contributed by atoms with E-state index in [-0.39, 0.29) is 11.9 Å². The highest BCUT2D eigenvalue weighted by Gasteiger charge is 2.31. The second kappa shape index (κ2) is 5.38. The van der Waals surface area contributed by atoms with Gasteiger partial charge in [-0.05, 0) is 49.9 Å². The van der Waals surface area contributed by atoms with Crippen LogP contribution in [0.2, 0.25) is 0 Å². The van der Waals surface area contributed by atoms with E-state index in [1.165, 1.54) is 25.7 Å². The lowest BCUT2D eigenvalue weighted by Crippen LogP contribution is -2.44. The quantitative estimate of drug-likeness (QED) is 0.787. The van der Waals surface area contributed by atoms with Crippen LogP contribution in [0, 0.1) is 17.8 Å². The minimum absolute atomic E-state index is 0.0906. The number of carbonyl (C=O) groups excluding carboxylic acids is 1. The lowest BCUT2D eigenvalue weighted by atomic mass is 9.80. The predicted octanol–water partition coefficient (Wildman–Crippen LogP) is 2.05. The Morgan fingerprint density at radius 1 is 1.29 bits per heavy atom. The topological polar surface area (TPSA) is 55.1 Å². The summed E-state index contributed by atoms with van der Waals surface area (Å²) in [5.74, 6) is 2.20. The van der Waals surface area contributed by atoms with Crippen LogP contribution in [0.25, 0.3) is 0 Å². The lowest BCUT2D eigenvalue weighted by Gasteiger charge is -2.33. The Hall–Kier alpha value is -0.570. The molecule has 0 radical (unpaired) electrons. The van der Waals surface area contributed by atoms with Gasteiger partial charge in [-0.3, -0.25) is 4.79 Å². The van der Waals surface area contributed by atoms with Crippen molar-refractivity contribution in [2.75, 3.05) is 0 Å². The smallest absolute Gasteiger partial charge is 0.221 e. The van der Waals surface area contributed by atoms with E-state index < -0.39 is 0 Å². The van der Waals surface area contributed by atoms with Crippen LogP contribution in [0.3, 0.4) is 0 Å². The summed E-state index contributed by atoms with van der Waals surface area (Å²) in [5.41, 5.74) is 5.98. The first-order valence-corrected chi connectivity index (χ1v) is 7.11. The van der Waals surface area contributed by atoms with Crippen LogP contribution in [0.4, 0.5) is 0 Å². The van der Waals surface area contributed by atoms with Crippen LogP contribution in [-0.2, 0) is 4.79 Å². The van der Waals surface area contributed by atoms with E-state index in [2.05, 4.69) is 19.2 Å². The van der Waals surface area contributed by atoms with Crippen molar-refractivity contribution in [2.24, 2.45) is 23.5 Å². The molecule has 2 aliphatic carbocycles. The Bertz CT molecular complexity index is 275. The summed E-state index contributed by atoms with van der Waals surface area (Å²) in [6, 6.07) is 0.470. The molecule has 98 valence electrons. The fourth-order valence-electron chi connectivity index (χ4n) is 3.05. The third-order valence-electron chi connectivity index (χ3n) is 4.43. The van der Waals surface area contributed by atoms with Gasteiger partial charge in [-0.2, -0.15) is 0 Å². The molecule has 0 heterocycles. The highest BCUT2D eigenvalue weighted by atomic mass is 16.1. The number of rotatable bonds is 4. The molecule has 2 aliphatic rings. The average Bonchev–Trinajstić information content (AvgIpc) is 3.05. The van der Waals surface area contributed by atoms with E-state index >= 15 is 0 Å². The Balaban J connectivity index is 1.73. The molecule has 2 saturated carbocycles. The van der Waals surface area contributed by atoms with E-state index in [0.29, 0.717) is 24.3 Å². The molecule has 2 rings (SSSR count). The van der Waals surface area contributed by atoms with Gasteiger partial charge in [0.05, 0.1) is 0 Å². The Labute approximate surface area is 105 Å². The van der Waals surface area contributed by atoms with Crippen LogP contribution >= 0.6 is 0 Å². The van der Waals surface area contributed by atoms with Crippen molar-refractivity contribution < 1.29 is 4.79 Å². The molecule has 3 N–H and O–H groups in total. The standard InChI is InChI=1S/C14H26N2O/c1-9-3-6-13(10(2)7-9)16-14(17)8-12(15)11-4-5-11/h9-13H,3-8,15H2,1-2H3,(H,16,17). The highest BCUT2D eigenvalue weighted by molar-refractivity contribution is 5.77. The first kappa shape index (κ1) is 12.9. The normalized spacial score (nSPS) is 35.4. The molecule has 17 heavy (non-hydrogen) atoms. The summed E-state index contributed by atoms with van der Waals surface area (Å²) >= 11 is 0. The molecule has 3 heteroatoms. The second-order valence-electron chi connectivity index (χ2n) is 6.27. The van der Waals surface area contributed by atoms with Crippen molar-refractivity contribution in [2.45, 2.75) is 64.5 Å². The van der Waals surface area contributed by atoms with Crippen LogP contribution < -0.4 is 11.1 Å². The first-order valence-electron chi connectivity index (χ1n) is 7.11. The molecule has 0 aromatic rings. The number of carbonyl (C=O) groups is 1. The van der Waals surface area contributed by atoms with Crippen LogP contribution in [0.15, 0.2) is 0 Å². The summed E-state index contributed by atoms with van der Waals surface area (Å²) in [4.78, 5) is 11.9. The molecular formula is C14H26N2O. The van der Waals surface area contributed by atoms with Crippen LogP contribution in [-0.4, -0.2) is 18.0 Å². The highest BCUT2D eigenvalue weighted by Crippen LogP contribution is 2.33. The summed E-state index contributed by atoms with van der Waals surface area (Å²) in [6.07, 6.45) is 6.55. The zero-order valence-corrected chi connectivity index (χ0v) is 11.1. The van der Waals surface area contributed by atoms with Gasteiger partial charge < -0.3 is 11.1 Å².